The lowest BCUT2D eigenvalue weighted by atomic mass is 10.3. The van der Waals surface area contributed by atoms with E-state index in [-0.39, 0.29) is 5.56 Å². The molecule has 0 amide bonds. The molecule has 0 atom stereocenters. The van der Waals surface area contributed by atoms with Gasteiger partial charge in [0.25, 0.3) is 5.56 Å². The molecule has 0 radical (unpaired) electrons. The molecule has 0 fully saturated rings. The highest BCUT2D eigenvalue weighted by Crippen LogP contribution is 2.07. The molecule has 1 rings (SSSR count). The summed E-state index contributed by atoms with van der Waals surface area (Å²) >= 11 is 3.05. The first-order valence-electron chi connectivity index (χ1n) is 3.50. The van der Waals surface area contributed by atoms with E-state index >= 15 is 0 Å². The second-order valence-corrected chi connectivity index (χ2v) is 3.34. The molecule has 0 aliphatic carbocycles. The van der Waals surface area contributed by atoms with Crippen LogP contribution in [0.4, 0.5) is 0 Å². The van der Waals surface area contributed by atoms with Gasteiger partial charge in [-0.25, -0.2) is 4.79 Å². The third-order valence-corrected chi connectivity index (χ3v) is 2.13. The molecule has 0 aliphatic rings. The van der Waals surface area contributed by atoms with Gasteiger partial charge in [0.2, 0.25) is 0 Å². The fourth-order valence-corrected chi connectivity index (χ4v) is 1.43. The molecular weight excluding hydrogens is 238 g/mol. The third-order valence-electron chi connectivity index (χ3n) is 1.56. The van der Waals surface area contributed by atoms with Crippen molar-refractivity contribution in [2.24, 2.45) is 7.05 Å². The summed E-state index contributed by atoms with van der Waals surface area (Å²) in [6.07, 6.45) is 1.43. The minimum Gasteiger partial charge on any atom is -0.465 e. The molecule has 1 aromatic heterocycles. The Hall–Kier alpha value is -1.10. The smallest absolute Gasteiger partial charge is 0.339 e. The molecule has 0 bridgehead atoms. The first-order chi connectivity index (χ1) is 6.06. The van der Waals surface area contributed by atoms with Crippen molar-refractivity contribution in [1.29, 1.82) is 0 Å². The molecule has 0 aromatic carbocycles. The van der Waals surface area contributed by atoms with Crippen LogP contribution in [-0.2, 0) is 11.8 Å². The van der Waals surface area contributed by atoms with E-state index in [9.17, 15) is 9.59 Å². The Morgan fingerprint density at radius 1 is 1.62 bits per heavy atom. The molecule has 0 saturated heterocycles. The van der Waals surface area contributed by atoms with Gasteiger partial charge in [0.1, 0.15) is 0 Å². The topological polar surface area (TPSA) is 48.3 Å². The first kappa shape index (κ1) is 9.98. The van der Waals surface area contributed by atoms with E-state index in [0.29, 0.717) is 10.0 Å². The molecule has 1 aromatic rings. The van der Waals surface area contributed by atoms with E-state index in [1.165, 1.54) is 23.9 Å². The summed E-state index contributed by atoms with van der Waals surface area (Å²) in [6.45, 7) is 0. The Labute approximate surface area is 83.3 Å². The molecule has 70 valence electrons. The van der Waals surface area contributed by atoms with Crippen molar-refractivity contribution in [3.05, 3.63) is 32.7 Å². The zero-order chi connectivity index (χ0) is 10.0. The van der Waals surface area contributed by atoms with E-state index in [2.05, 4.69) is 20.7 Å². The number of hydrogen-bond acceptors (Lipinski definition) is 3. The summed E-state index contributed by atoms with van der Waals surface area (Å²) in [6, 6.07) is 1.44. The quantitative estimate of drug-likeness (QED) is 0.692. The van der Waals surface area contributed by atoms with Gasteiger partial charge in [-0.3, -0.25) is 4.79 Å². The molecule has 0 unspecified atom stereocenters. The Balaban J connectivity index is 3.29. The number of methoxy groups -OCH3 is 1. The Morgan fingerprint density at radius 2 is 2.23 bits per heavy atom. The summed E-state index contributed by atoms with van der Waals surface area (Å²) in [7, 11) is 2.86. The molecule has 0 N–H and O–H groups in total. The Morgan fingerprint density at radius 3 is 2.69 bits per heavy atom. The van der Waals surface area contributed by atoms with Crippen molar-refractivity contribution in [3.8, 4) is 0 Å². The van der Waals surface area contributed by atoms with Crippen molar-refractivity contribution in [2.45, 2.75) is 0 Å². The maximum Gasteiger partial charge on any atom is 0.339 e. The molecule has 0 saturated carbocycles. The minimum absolute atomic E-state index is 0.187. The second kappa shape index (κ2) is 3.74. The number of nitrogens with zero attached hydrogens (tertiary/aromatic N) is 1. The van der Waals surface area contributed by atoms with Crippen LogP contribution >= 0.6 is 15.9 Å². The van der Waals surface area contributed by atoms with Gasteiger partial charge < -0.3 is 9.30 Å². The Bertz CT molecular complexity index is 371. The lowest BCUT2D eigenvalue weighted by molar-refractivity contribution is 0.0599. The maximum absolute atomic E-state index is 11.2. The van der Waals surface area contributed by atoms with Crippen molar-refractivity contribution in [3.63, 3.8) is 0 Å². The van der Waals surface area contributed by atoms with Crippen molar-refractivity contribution in [1.82, 2.24) is 4.57 Å². The van der Waals surface area contributed by atoms with Crippen molar-refractivity contribution in [2.75, 3.05) is 7.11 Å². The summed E-state index contributed by atoms with van der Waals surface area (Å²) < 4.78 is 6.17. The van der Waals surface area contributed by atoms with Crippen LogP contribution in [0.15, 0.2) is 21.5 Å². The van der Waals surface area contributed by atoms with E-state index in [0.717, 1.165) is 0 Å². The molecule has 1 heterocycles. The number of aryl methyl sites for hydroxylation is 1. The van der Waals surface area contributed by atoms with Crippen LogP contribution < -0.4 is 5.56 Å². The van der Waals surface area contributed by atoms with Crippen LogP contribution in [0.3, 0.4) is 0 Å². The molecule has 4 nitrogen and oxygen atoms in total. The highest BCUT2D eigenvalue weighted by atomic mass is 79.9. The maximum atomic E-state index is 11.2. The SMILES string of the molecule is COC(=O)c1cc(Br)c(=O)n(C)c1. The van der Waals surface area contributed by atoms with E-state index < -0.39 is 5.97 Å². The predicted octanol–water partition coefficient (Wildman–Crippen LogP) is 0.934. The van der Waals surface area contributed by atoms with Gasteiger partial charge in [-0.2, -0.15) is 0 Å². The number of esters is 1. The highest BCUT2D eigenvalue weighted by molar-refractivity contribution is 9.10. The van der Waals surface area contributed by atoms with Crippen molar-refractivity contribution >= 4 is 21.9 Å². The standard InChI is InChI=1S/C8H8BrNO3/c1-10-4-5(8(12)13-2)3-6(9)7(10)11/h3-4H,1-2H3. The summed E-state index contributed by atoms with van der Waals surface area (Å²) in [5.74, 6) is -0.462. The van der Waals surface area contributed by atoms with E-state index in [4.69, 9.17) is 0 Å². The fraction of sp³-hybridized carbons (Fsp3) is 0.250. The number of ether oxygens (including phenoxy) is 1. The fourth-order valence-electron chi connectivity index (χ4n) is 0.901. The average molecular weight is 246 g/mol. The van der Waals surface area contributed by atoms with Crippen LogP contribution in [0.2, 0.25) is 0 Å². The number of pyridine rings is 1. The van der Waals surface area contributed by atoms with Gasteiger partial charge in [-0.1, -0.05) is 0 Å². The van der Waals surface area contributed by atoms with Crippen LogP contribution in [0.1, 0.15) is 10.4 Å². The monoisotopic (exact) mass is 245 g/mol. The molecule has 5 heteroatoms. The molecular formula is C8H8BrNO3. The van der Waals surface area contributed by atoms with E-state index in [1.807, 2.05) is 0 Å². The van der Waals surface area contributed by atoms with E-state index in [1.54, 1.807) is 7.05 Å². The van der Waals surface area contributed by atoms with Gasteiger partial charge in [0.05, 0.1) is 17.1 Å². The van der Waals surface area contributed by atoms with Gasteiger partial charge in [0.15, 0.2) is 0 Å². The number of hydrogen-bond donors (Lipinski definition) is 0. The lowest BCUT2D eigenvalue weighted by Crippen LogP contribution is -2.19. The average Bonchev–Trinajstić information content (AvgIpc) is 2.12. The van der Waals surface area contributed by atoms with Crippen LogP contribution in [-0.4, -0.2) is 17.6 Å². The summed E-state index contributed by atoms with van der Waals surface area (Å²) in [4.78, 5) is 22.3. The van der Waals surface area contributed by atoms with Gasteiger partial charge in [0, 0.05) is 13.2 Å². The molecule has 0 aliphatic heterocycles. The van der Waals surface area contributed by atoms with Gasteiger partial charge >= 0.3 is 5.97 Å². The molecule has 13 heavy (non-hydrogen) atoms. The number of halogens is 1. The third kappa shape index (κ3) is 1.98. The zero-order valence-corrected chi connectivity index (χ0v) is 8.79. The van der Waals surface area contributed by atoms with Crippen LogP contribution in [0.5, 0.6) is 0 Å². The number of carbonyl (C=O) groups excluding carboxylic acids is 1. The zero-order valence-electron chi connectivity index (χ0n) is 7.20. The lowest BCUT2D eigenvalue weighted by Gasteiger charge is -2.02. The summed E-state index contributed by atoms with van der Waals surface area (Å²) in [5, 5.41) is 0. The van der Waals surface area contributed by atoms with Gasteiger partial charge in [-0.05, 0) is 22.0 Å². The van der Waals surface area contributed by atoms with Crippen molar-refractivity contribution < 1.29 is 9.53 Å². The van der Waals surface area contributed by atoms with Crippen LogP contribution in [0.25, 0.3) is 0 Å². The number of rotatable bonds is 1. The highest BCUT2D eigenvalue weighted by Gasteiger charge is 2.08. The minimum atomic E-state index is -0.462. The molecule has 0 spiro atoms. The predicted molar refractivity (Wildman–Crippen MR) is 50.7 cm³/mol. The number of carbonyl (C=O) groups is 1. The second-order valence-electron chi connectivity index (χ2n) is 2.48. The number of aromatic nitrogens is 1. The summed E-state index contributed by atoms with van der Waals surface area (Å²) in [5.41, 5.74) is 0.157. The van der Waals surface area contributed by atoms with Crippen LogP contribution in [0, 0.1) is 0 Å². The van der Waals surface area contributed by atoms with Gasteiger partial charge in [-0.15, -0.1) is 0 Å². The normalized spacial score (nSPS) is 9.77. The Kier molecular flexibility index (Phi) is 2.87. The first-order valence-corrected chi connectivity index (χ1v) is 4.30. The largest absolute Gasteiger partial charge is 0.465 e.